The second kappa shape index (κ2) is 7.13. The van der Waals surface area contributed by atoms with Crippen LogP contribution in [-0.4, -0.2) is 28.1 Å². The van der Waals surface area contributed by atoms with E-state index in [1.54, 1.807) is 5.01 Å². The first-order valence-electron chi connectivity index (χ1n) is 5.10. The molecule has 0 spiro atoms. The molecule has 0 aliphatic heterocycles. The number of nitriles is 1. The summed E-state index contributed by atoms with van der Waals surface area (Å²) in [5.74, 6) is 0. The second-order valence-electron chi connectivity index (χ2n) is 3.93. The molecule has 1 atom stereocenters. The van der Waals surface area contributed by atoms with Crippen LogP contribution in [-0.2, 0) is 4.84 Å². The molecule has 0 radical (unpaired) electrons. The van der Waals surface area contributed by atoms with E-state index in [1.807, 2.05) is 33.8 Å². The lowest BCUT2D eigenvalue weighted by atomic mass is 10.3. The van der Waals surface area contributed by atoms with E-state index in [2.05, 4.69) is 0 Å². The highest BCUT2D eigenvalue weighted by Crippen LogP contribution is 2.27. The van der Waals surface area contributed by atoms with Crippen LogP contribution >= 0.6 is 8.53 Å². The lowest BCUT2D eigenvalue weighted by Gasteiger charge is -2.50. The molecule has 0 rings (SSSR count). The Kier molecular flexibility index (Phi) is 7.00. The summed E-state index contributed by atoms with van der Waals surface area (Å²) in [5, 5.41) is 10.2. The fourth-order valence-corrected chi connectivity index (χ4v) is 2.13. The number of hydrazine groups is 1. The van der Waals surface area contributed by atoms with Crippen molar-refractivity contribution in [2.24, 2.45) is 0 Å². The van der Waals surface area contributed by atoms with Gasteiger partial charge in [0, 0.05) is 12.1 Å². The molecule has 7 heteroatoms. The Bertz CT molecular complexity index is 235. The van der Waals surface area contributed by atoms with Gasteiger partial charge in [-0.1, -0.05) is 0 Å². The number of hydrogen-bond acceptors (Lipinski definition) is 6. The predicted octanol–water partition coefficient (Wildman–Crippen LogP) is 0.113. The van der Waals surface area contributed by atoms with Gasteiger partial charge in [-0.25, -0.2) is 5.01 Å². The van der Waals surface area contributed by atoms with Gasteiger partial charge in [-0.15, -0.1) is 4.94 Å². The molecular formula is C9H18N3O3P-2. The Balaban J connectivity index is 4.80. The van der Waals surface area contributed by atoms with Crippen molar-refractivity contribution < 1.29 is 14.6 Å². The SMILES string of the molecule is CC(C#N)ON(N(C(C)C)C(C)C)P([O-])[O-]. The average molecular weight is 247 g/mol. The van der Waals surface area contributed by atoms with Crippen LogP contribution in [0.15, 0.2) is 0 Å². The minimum Gasteiger partial charge on any atom is -0.827 e. The van der Waals surface area contributed by atoms with Crippen molar-refractivity contribution in [1.82, 2.24) is 9.95 Å². The first-order valence-corrected chi connectivity index (χ1v) is 6.23. The molecule has 94 valence electrons. The molecule has 0 heterocycles. The third-order valence-electron chi connectivity index (χ3n) is 1.83. The van der Waals surface area contributed by atoms with Gasteiger partial charge in [0.15, 0.2) is 6.10 Å². The lowest BCUT2D eigenvalue weighted by Crippen LogP contribution is -2.51. The Morgan fingerprint density at radius 1 is 1.12 bits per heavy atom. The predicted molar refractivity (Wildman–Crippen MR) is 57.0 cm³/mol. The van der Waals surface area contributed by atoms with Gasteiger partial charge in [0.2, 0.25) is 0 Å². The van der Waals surface area contributed by atoms with E-state index >= 15 is 0 Å². The normalized spacial score (nSPS) is 14.2. The summed E-state index contributed by atoms with van der Waals surface area (Å²) in [5.41, 5.74) is 0. The monoisotopic (exact) mass is 247 g/mol. The lowest BCUT2D eigenvalue weighted by molar-refractivity contribution is -0.368. The van der Waals surface area contributed by atoms with Crippen LogP contribution < -0.4 is 9.79 Å². The molecule has 0 saturated carbocycles. The van der Waals surface area contributed by atoms with Crippen molar-refractivity contribution in [3.8, 4) is 6.07 Å². The molecule has 0 aromatic rings. The molecule has 0 N–H and O–H groups in total. The van der Waals surface area contributed by atoms with E-state index in [4.69, 9.17) is 10.1 Å². The zero-order valence-corrected chi connectivity index (χ0v) is 11.1. The summed E-state index contributed by atoms with van der Waals surface area (Å²) in [6.45, 7) is 8.90. The van der Waals surface area contributed by atoms with Gasteiger partial charge in [-0.05, 0) is 34.6 Å². The number of hydrogen-bond donors (Lipinski definition) is 0. The third kappa shape index (κ3) is 4.71. The molecule has 0 bridgehead atoms. The van der Waals surface area contributed by atoms with Crippen LogP contribution in [0.5, 0.6) is 0 Å². The van der Waals surface area contributed by atoms with Crippen LogP contribution in [0.4, 0.5) is 0 Å². The number of nitrogens with zero attached hydrogens (tertiary/aromatic N) is 3. The van der Waals surface area contributed by atoms with E-state index in [9.17, 15) is 9.79 Å². The van der Waals surface area contributed by atoms with Gasteiger partial charge in [0.05, 0.1) is 6.07 Å². The summed E-state index contributed by atoms with van der Waals surface area (Å²) in [6.07, 6.45) is -0.812. The highest BCUT2D eigenvalue weighted by molar-refractivity contribution is 7.38. The van der Waals surface area contributed by atoms with E-state index in [1.165, 1.54) is 6.92 Å². The molecule has 1 unspecified atom stereocenters. The zero-order chi connectivity index (χ0) is 12.9. The highest BCUT2D eigenvalue weighted by atomic mass is 31.2. The van der Waals surface area contributed by atoms with Crippen LogP contribution in [0.25, 0.3) is 0 Å². The topological polar surface area (TPSA) is 85.6 Å². The van der Waals surface area contributed by atoms with Crippen LogP contribution in [0.1, 0.15) is 34.6 Å². The van der Waals surface area contributed by atoms with Gasteiger partial charge >= 0.3 is 0 Å². The maximum Gasteiger partial charge on any atom is 0.164 e. The van der Waals surface area contributed by atoms with E-state index < -0.39 is 14.6 Å². The van der Waals surface area contributed by atoms with Gasteiger partial charge in [-0.3, -0.25) is 4.84 Å². The van der Waals surface area contributed by atoms with Gasteiger partial charge < -0.3 is 9.79 Å². The third-order valence-corrected chi connectivity index (χ3v) is 2.41. The Labute approximate surface area is 97.9 Å². The molecule has 0 aliphatic carbocycles. The summed E-state index contributed by atoms with van der Waals surface area (Å²) in [7, 11) is -2.92. The zero-order valence-electron chi connectivity index (χ0n) is 10.2. The Morgan fingerprint density at radius 2 is 1.56 bits per heavy atom. The van der Waals surface area contributed by atoms with E-state index in [0.29, 0.717) is 0 Å². The molecule has 0 aromatic carbocycles. The van der Waals surface area contributed by atoms with Gasteiger partial charge in [0.25, 0.3) is 0 Å². The molecule has 0 aromatic heterocycles. The second-order valence-corrected chi connectivity index (χ2v) is 4.75. The standard InChI is InChI=1S/C9H18N3O3P/c1-7(2)11(8(3)4)12(16(13)14)15-9(5)6-10/h7-9H,1-5H3/q-2. The minimum absolute atomic E-state index is 0.0428. The molecular weight excluding hydrogens is 229 g/mol. The van der Waals surface area contributed by atoms with E-state index in [0.717, 1.165) is 4.94 Å². The smallest absolute Gasteiger partial charge is 0.164 e. The summed E-state index contributed by atoms with van der Waals surface area (Å²) in [6, 6.07) is 1.74. The minimum atomic E-state index is -2.92. The van der Waals surface area contributed by atoms with Crippen LogP contribution in [0, 0.1) is 11.3 Å². The largest absolute Gasteiger partial charge is 0.827 e. The summed E-state index contributed by atoms with van der Waals surface area (Å²) >= 11 is 0. The fraction of sp³-hybridized carbons (Fsp3) is 0.889. The van der Waals surface area contributed by atoms with E-state index in [-0.39, 0.29) is 12.1 Å². The van der Waals surface area contributed by atoms with Crippen molar-refractivity contribution in [1.29, 1.82) is 5.26 Å². The van der Waals surface area contributed by atoms with Gasteiger partial charge in [-0.2, -0.15) is 13.8 Å². The fourth-order valence-electron chi connectivity index (χ4n) is 1.33. The first-order chi connectivity index (χ1) is 7.31. The van der Waals surface area contributed by atoms with Crippen LogP contribution in [0.3, 0.4) is 0 Å². The molecule has 0 saturated heterocycles. The summed E-state index contributed by atoms with van der Waals surface area (Å²) in [4.78, 5) is 28.0. The molecule has 0 aliphatic rings. The van der Waals surface area contributed by atoms with Gasteiger partial charge in [0.1, 0.15) is 0 Å². The maximum atomic E-state index is 11.1. The quantitative estimate of drug-likeness (QED) is 0.489. The average Bonchev–Trinajstić information content (AvgIpc) is 2.14. The summed E-state index contributed by atoms with van der Waals surface area (Å²) < 4.78 is 0. The van der Waals surface area contributed by atoms with Crippen molar-refractivity contribution in [2.45, 2.75) is 52.8 Å². The van der Waals surface area contributed by atoms with Crippen molar-refractivity contribution >= 4 is 8.53 Å². The maximum absolute atomic E-state index is 11.1. The van der Waals surface area contributed by atoms with Crippen molar-refractivity contribution in [2.75, 3.05) is 0 Å². The highest BCUT2D eigenvalue weighted by Gasteiger charge is 2.22. The molecule has 0 amide bonds. The Hall–Kier alpha value is -0.280. The first kappa shape index (κ1) is 15.7. The molecule has 0 fully saturated rings. The Morgan fingerprint density at radius 3 is 1.81 bits per heavy atom. The van der Waals surface area contributed by atoms with Crippen molar-refractivity contribution in [3.05, 3.63) is 0 Å². The molecule has 16 heavy (non-hydrogen) atoms. The molecule has 6 nitrogen and oxygen atoms in total. The van der Waals surface area contributed by atoms with Crippen molar-refractivity contribution in [3.63, 3.8) is 0 Å². The van der Waals surface area contributed by atoms with Crippen LogP contribution in [0.2, 0.25) is 0 Å². The number of rotatable bonds is 6.